The molecular weight excluding hydrogens is 288 g/mol. The van der Waals surface area contributed by atoms with Crippen LogP contribution in [0.15, 0.2) is 0 Å². The second-order valence-electron chi connectivity index (χ2n) is 8.22. The molecule has 4 nitrogen and oxygen atoms in total. The van der Waals surface area contributed by atoms with Gasteiger partial charge in [0.05, 0.1) is 30.4 Å². The first-order chi connectivity index (χ1) is 8.92. The summed E-state index contributed by atoms with van der Waals surface area (Å²) in [5.41, 5.74) is -1.02. The average molecular weight is 315 g/mol. The van der Waals surface area contributed by atoms with Crippen molar-refractivity contribution in [3.63, 3.8) is 0 Å². The monoisotopic (exact) mass is 314 g/mol. The van der Waals surface area contributed by atoms with Crippen LogP contribution >= 0.6 is 0 Å². The lowest BCUT2D eigenvalue weighted by Crippen LogP contribution is -2.46. The zero-order chi connectivity index (χ0) is 15.8. The maximum atomic E-state index is 12.6. The molecule has 6 heteroatoms. The number of fused-ring (bicyclic) bond motifs is 1. The lowest BCUT2D eigenvalue weighted by molar-refractivity contribution is -0.164. The second-order valence-corrected chi connectivity index (χ2v) is 18.9. The predicted molar refractivity (Wildman–Crippen MR) is 83.2 cm³/mol. The van der Waals surface area contributed by atoms with Gasteiger partial charge in [0.1, 0.15) is 0 Å². The fourth-order valence-electron chi connectivity index (χ4n) is 5.23. The largest absolute Gasteiger partial charge is 0.468 e. The Bertz CT molecular complexity index is 444. The minimum absolute atomic E-state index is 0.155. The van der Waals surface area contributed by atoms with E-state index in [1.165, 1.54) is 14.2 Å². The van der Waals surface area contributed by atoms with E-state index in [1.807, 2.05) is 0 Å². The van der Waals surface area contributed by atoms with Gasteiger partial charge in [0.15, 0.2) is 5.41 Å². The van der Waals surface area contributed by atoms with Crippen LogP contribution in [0, 0.1) is 5.41 Å². The minimum Gasteiger partial charge on any atom is -0.468 e. The Kier molecular flexibility index (Phi) is 2.97. The maximum absolute atomic E-state index is 12.6. The molecule has 0 radical (unpaired) electrons. The Morgan fingerprint density at radius 1 is 0.800 bits per heavy atom. The van der Waals surface area contributed by atoms with E-state index < -0.39 is 21.6 Å². The molecule has 0 aromatic heterocycles. The van der Waals surface area contributed by atoms with E-state index in [4.69, 9.17) is 9.47 Å². The summed E-state index contributed by atoms with van der Waals surface area (Å²) in [6.07, 6.45) is 0.996. The minimum atomic E-state index is -1.72. The molecular formula is C14H26O4Si2. The molecule has 114 valence electrons. The quantitative estimate of drug-likeness (QED) is 0.455. The Labute approximate surface area is 123 Å². The van der Waals surface area contributed by atoms with Crippen LogP contribution in [0.4, 0.5) is 0 Å². The molecule has 0 spiro atoms. The lowest BCUT2D eigenvalue weighted by Gasteiger charge is -2.33. The lowest BCUT2D eigenvalue weighted by atomic mass is 9.94. The van der Waals surface area contributed by atoms with Gasteiger partial charge in [0.25, 0.3) is 0 Å². The molecule has 0 aromatic carbocycles. The molecule has 2 saturated carbocycles. The molecule has 0 aliphatic heterocycles. The molecule has 2 rings (SSSR count). The molecule has 0 bridgehead atoms. The van der Waals surface area contributed by atoms with E-state index in [0.29, 0.717) is 0 Å². The van der Waals surface area contributed by atoms with Gasteiger partial charge in [0, 0.05) is 0 Å². The Morgan fingerprint density at radius 2 is 1.10 bits per heavy atom. The first-order valence-electron chi connectivity index (χ1n) is 7.09. The van der Waals surface area contributed by atoms with Crippen LogP contribution in [-0.2, 0) is 19.1 Å². The molecule has 2 unspecified atom stereocenters. The molecule has 2 fully saturated rings. The summed E-state index contributed by atoms with van der Waals surface area (Å²) < 4.78 is 10.1. The van der Waals surface area contributed by atoms with Crippen LogP contribution in [0.3, 0.4) is 0 Å². The zero-order valence-electron chi connectivity index (χ0n) is 13.8. The Hall–Kier alpha value is -0.626. The van der Waals surface area contributed by atoms with Gasteiger partial charge in [-0.3, -0.25) is 9.59 Å². The van der Waals surface area contributed by atoms with Crippen LogP contribution in [0.2, 0.25) is 49.4 Å². The van der Waals surface area contributed by atoms with Crippen LogP contribution < -0.4 is 0 Å². The molecule has 2 aliphatic carbocycles. The van der Waals surface area contributed by atoms with Crippen molar-refractivity contribution < 1.29 is 19.1 Å². The standard InChI is InChI=1S/C14H26O4Si2/c1-17-10(15)14(11(16)18-2)12(19(3,4)5)9-13(12,14)20(6,7)8/h9H2,1-8H3. The summed E-state index contributed by atoms with van der Waals surface area (Å²) in [5, 5.41) is -0.310. The van der Waals surface area contributed by atoms with Gasteiger partial charge in [-0.15, -0.1) is 0 Å². The van der Waals surface area contributed by atoms with E-state index in [9.17, 15) is 9.59 Å². The predicted octanol–water partition coefficient (Wildman–Crippen LogP) is 2.89. The van der Waals surface area contributed by atoms with Crippen molar-refractivity contribution in [2.24, 2.45) is 5.41 Å². The third-order valence-corrected chi connectivity index (χ3v) is 13.2. The van der Waals surface area contributed by atoms with Crippen molar-refractivity contribution in [3.05, 3.63) is 0 Å². The second kappa shape index (κ2) is 3.77. The fraction of sp³-hybridized carbons (Fsp3) is 0.857. The molecule has 2 atom stereocenters. The highest BCUT2D eigenvalue weighted by molar-refractivity contribution is 6.93. The number of ether oxygens (including phenoxy) is 2. The summed E-state index contributed by atoms with van der Waals surface area (Å²) in [7, 11) is -0.681. The fourth-order valence-corrected chi connectivity index (χ4v) is 15.3. The summed E-state index contributed by atoms with van der Waals surface area (Å²) in [4.78, 5) is 25.1. The Morgan fingerprint density at radius 3 is 1.30 bits per heavy atom. The molecule has 0 N–H and O–H groups in total. The van der Waals surface area contributed by atoms with Crippen LogP contribution in [0.5, 0.6) is 0 Å². The van der Waals surface area contributed by atoms with E-state index in [2.05, 4.69) is 39.3 Å². The van der Waals surface area contributed by atoms with Crippen LogP contribution in [0.25, 0.3) is 0 Å². The number of hydrogen-bond donors (Lipinski definition) is 0. The smallest absolute Gasteiger partial charge is 0.323 e. The molecule has 0 amide bonds. The summed E-state index contributed by atoms with van der Waals surface area (Å²) in [5.74, 6) is -0.749. The van der Waals surface area contributed by atoms with E-state index >= 15 is 0 Å². The molecule has 20 heavy (non-hydrogen) atoms. The SMILES string of the molecule is COC(=O)C1(C(=O)OC)C2([Si](C)(C)C)CC12[Si](C)(C)C. The third kappa shape index (κ3) is 1.20. The highest BCUT2D eigenvalue weighted by Crippen LogP contribution is 3.12. The van der Waals surface area contributed by atoms with Gasteiger partial charge in [0.2, 0.25) is 0 Å². The zero-order valence-corrected chi connectivity index (χ0v) is 15.8. The van der Waals surface area contributed by atoms with Crippen molar-refractivity contribution in [1.29, 1.82) is 0 Å². The number of hydrogen-bond acceptors (Lipinski definition) is 4. The van der Waals surface area contributed by atoms with Gasteiger partial charge >= 0.3 is 11.9 Å². The third-order valence-electron chi connectivity index (χ3n) is 5.90. The van der Waals surface area contributed by atoms with E-state index in [0.717, 1.165) is 6.42 Å². The van der Waals surface area contributed by atoms with Gasteiger partial charge in [-0.25, -0.2) is 0 Å². The van der Waals surface area contributed by atoms with Crippen molar-refractivity contribution in [1.82, 2.24) is 0 Å². The van der Waals surface area contributed by atoms with Gasteiger partial charge in [-0.05, 0) is 16.5 Å². The number of rotatable bonds is 4. The molecule has 0 saturated heterocycles. The van der Waals surface area contributed by atoms with E-state index in [1.54, 1.807) is 0 Å². The van der Waals surface area contributed by atoms with Crippen molar-refractivity contribution in [2.45, 2.75) is 55.8 Å². The van der Waals surface area contributed by atoms with Gasteiger partial charge < -0.3 is 9.47 Å². The maximum Gasteiger partial charge on any atom is 0.323 e. The van der Waals surface area contributed by atoms with Crippen LogP contribution in [0.1, 0.15) is 6.42 Å². The molecule has 0 aromatic rings. The van der Waals surface area contributed by atoms with Gasteiger partial charge in [-0.2, -0.15) is 0 Å². The topological polar surface area (TPSA) is 52.6 Å². The summed E-state index contributed by atoms with van der Waals surface area (Å²) in [6, 6.07) is 0. The number of methoxy groups -OCH3 is 2. The first kappa shape index (κ1) is 15.8. The van der Waals surface area contributed by atoms with Crippen molar-refractivity contribution in [2.75, 3.05) is 14.2 Å². The summed E-state index contributed by atoms with van der Waals surface area (Å²) in [6.45, 7) is 13.5. The summed E-state index contributed by atoms with van der Waals surface area (Å²) >= 11 is 0. The first-order valence-corrected chi connectivity index (χ1v) is 14.1. The molecule has 0 heterocycles. The van der Waals surface area contributed by atoms with E-state index in [-0.39, 0.29) is 22.0 Å². The van der Waals surface area contributed by atoms with Crippen molar-refractivity contribution in [3.8, 4) is 0 Å². The van der Waals surface area contributed by atoms with Gasteiger partial charge in [-0.1, -0.05) is 39.3 Å². The van der Waals surface area contributed by atoms with Crippen LogP contribution in [-0.4, -0.2) is 42.3 Å². The molecule has 2 aliphatic rings. The number of carbonyl (C=O) groups excluding carboxylic acids is 2. The highest BCUT2D eigenvalue weighted by atomic mass is 28.3. The van der Waals surface area contributed by atoms with Crippen molar-refractivity contribution >= 4 is 28.1 Å². The normalized spacial score (nSPS) is 34.0. The average Bonchev–Trinajstić information content (AvgIpc) is 3.11. The Balaban J connectivity index is 2.66. The number of carbonyl (C=O) groups is 2. The number of esters is 2. The highest BCUT2D eigenvalue weighted by Gasteiger charge is 3.10.